The molecule has 0 aromatic heterocycles. The van der Waals surface area contributed by atoms with Crippen LogP contribution in [-0.2, 0) is 4.79 Å². The van der Waals surface area contributed by atoms with Crippen LogP contribution >= 0.6 is 0 Å². The molecule has 0 amide bonds. The third-order valence-electron chi connectivity index (χ3n) is 4.92. The first-order valence-corrected chi connectivity index (χ1v) is 8.84. The number of nitrogens with zero attached hydrogens (tertiary/aromatic N) is 1. The highest BCUT2D eigenvalue weighted by molar-refractivity contribution is 5.78. The van der Waals surface area contributed by atoms with E-state index in [9.17, 15) is 9.90 Å². The molecule has 0 aromatic carbocycles. The third-order valence-corrected chi connectivity index (χ3v) is 4.92. The molecule has 2 fully saturated rings. The monoisotopic (exact) mass is 296 g/mol. The standard InChI is InChI=1S/C17H32N2O2/c1-17(16(20)21,18-15-9-10-15)11-5-8-14-19-12-6-3-2-4-7-13-19/h15,18H,2-14H2,1H3,(H,20,21). The Labute approximate surface area is 129 Å². The molecule has 1 saturated carbocycles. The van der Waals surface area contributed by atoms with Crippen LogP contribution in [0.2, 0.25) is 0 Å². The number of aliphatic carboxylic acids is 1. The molecule has 2 rings (SSSR count). The fraction of sp³-hybridized carbons (Fsp3) is 0.941. The molecule has 0 spiro atoms. The molecule has 4 heteroatoms. The van der Waals surface area contributed by atoms with Gasteiger partial charge in [-0.15, -0.1) is 0 Å². The van der Waals surface area contributed by atoms with Crippen molar-refractivity contribution in [3.05, 3.63) is 0 Å². The topological polar surface area (TPSA) is 52.6 Å². The van der Waals surface area contributed by atoms with E-state index in [2.05, 4.69) is 10.2 Å². The smallest absolute Gasteiger partial charge is 0.323 e. The Morgan fingerprint density at radius 3 is 2.33 bits per heavy atom. The zero-order valence-electron chi connectivity index (χ0n) is 13.6. The van der Waals surface area contributed by atoms with E-state index >= 15 is 0 Å². The van der Waals surface area contributed by atoms with Crippen molar-refractivity contribution in [2.24, 2.45) is 0 Å². The average Bonchev–Trinajstić information content (AvgIpc) is 3.20. The molecule has 21 heavy (non-hydrogen) atoms. The van der Waals surface area contributed by atoms with Crippen molar-refractivity contribution in [1.29, 1.82) is 0 Å². The van der Waals surface area contributed by atoms with Gasteiger partial charge >= 0.3 is 5.97 Å². The second-order valence-corrected chi connectivity index (χ2v) is 7.12. The van der Waals surface area contributed by atoms with Gasteiger partial charge in [-0.25, -0.2) is 0 Å². The van der Waals surface area contributed by atoms with Gasteiger partial charge in [-0.05, 0) is 71.5 Å². The maximum Gasteiger partial charge on any atom is 0.323 e. The van der Waals surface area contributed by atoms with Crippen molar-refractivity contribution < 1.29 is 9.90 Å². The fourth-order valence-electron chi connectivity index (χ4n) is 3.27. The van der Waals surface area contributed by atoms with Crippen LogP contribution in [0.3, 0.4) is 0 Å². The summed E-state index contributed by atoms with van der Waals surface area (Å²) >= 11 is 0. The molecule has 1 aliphatic carbocycles. The van der Waals surface area contributed by atoms with Gasteiger partial charge in [0.2, 0.25) is 0 Å². The highest BCUT2D eigenvalue weighted by Crippen LogP contribution is 2.25. The zero-order valence-corrected chi connectivity index (χ0v) is 13.6. The summed E-state index contributed by atoms with van der Waals surface area (Å²) in [4.78, 5) is 14.1. The molecule has 1 unspecified atom stereocenters. The minimum atomic E-state index is -0.725. The largest absolute Gasteiger partial charge is 0.480 e. The number of carboxylic acids is 1. The number of rotatable bonds is 8. The molecule has 0 bridgehead atoms. The van der Waals surface area contributed by atoms with Crippen molar-refractivity contribution in [1.82, 2.24) is 10.2 Å². The summed E-state index contributed by atoms with van der Waals surface area (Å²) in [5.41, 5.74) is -0.725. The maximum atomic E-state index is 11.5. The van der Waals surface area contributed by atoms with Gasteiger partial charge in [0.05, 0.1) is 0 Å². The molecule has 1 heterocycles. The van der Waals surface area contributed by atoms with Crippen molar-refractivity contribution in [2.75, 3.05) is 19.6 Å². The SMILES string of the molecule is CC(CCCCN1CCCCCCC1)(NC1CC1)C(=O)O. The second kappa shape index (κ2) is 8.14. The van der Waals surface area contributed by atoms with Crippen LogP contribution in [0.1, 0.15) is 71.1 Å². The summed E-state index contributed by atoms with van der Waals surface area (Å²) in [7, 11) is 0. The van der Waals surface area contributed by atoms with E-state index in [-0.39, 0.29) is 0 Å². The molecule has 2 N–H and O–H groups in total. The number of unbranched alkanes of at least 4 members (excludes halogenated alkanes) is 1. The summed E-state index contributed by atoms with van der Waals surface area (Å²) in [6, 6.07) is 0.445. The Bertz CT molecular complexity index is 323. The molecule has 0 aromatic rings. The first kappa shape index (κ1) is 16.8. The summed E-state index contributed by atoms with van der Waals surface area (Å²) in [5.74, 6) is -0.694. The van der Waals surface area contributed by atoms with E-state index in [1.807, 2.05) is 6.92 Å². The highest BCUT2D eigenvalue weighted by Gasteiger charge is 2.37. The van der Waals surface area contributed by atoms with Crippen LogP contribution in [-0.4, -0.2) is 47.2 Å². The van der Waals surface area contributed by atoms with Gasteiger partial charge in [0.1, 0.15) is 5.54 Å². The molecule has 0 radical (unpaired) electrons. The fourth-order valence-corrected chi connectivity index (χ4v) is 3.27. The lowest BCUT2D eigenvalue weighted by Crippen LogP contribution is -2.50. The molecule has 1 aliphatic heterocycles. The Morgan fingerprint density at radius 2 is 1.76 bits per heavy atom. The number of hydrogen-bond donors (Lipinski definition) is 2. The van der Waals surface area contributed by atoms with Gasteiger partial charge in [0.25, 0.3) is 0 Å². The van der Waals surface area contributed by atoms with Crippen molar-refractivity contribution in [3.8, 4) is 0 Å². The lowest BCUT2D eigenvalue weighted by molar-refractivity contribution is -0.144. The number of likely N-dealkylation sites (tertiary alicyclic amines) is 1. The lowest BCUT2D eigenvalue weighted by Gasteiger charge is -2.28. The Balaban J connectivity index is 1.65. The maximum absolute atomic E-state index is 11.5. The second-order valence-electron chi connectivity index (χ2n) is 7.12. The molecule has 2 aliphatic rings. The summed E-state index contributed by atoms with van der Waals surface area (Å²) in [6.45, 7) is 5.45. The van der Waals surface area contributed by atoms with Crippen LogP contribution < -0.4 is 5.32 Å². The predicted octanol–water partition coefficient (Wildman–Crippen LogP) is 3.02. The molecule has 1 saturated heterocycles. The predicted molar refractivity (Wildman–Crippen MR) is 85.6 cm³/mol. The summed E-state index contributed by atoms with van der Waals surface area (Å²) < 4.78 is 0. The zero-order chi connectivity index (χ0) is 15.1. The summed E-state index contributed by atoms with van der Waals surface area (Å²) in [5, 5.41) is 12.8. The van der Waals surface area contributed by atoms with E-state index in [1.165, 1.54) is 45.2 Å². The van der Waals surface area contributed by atoms with E-state index in [0.29, 0.717) is 6.04 Å². The van der Waals surface area contributed by atoms with Crippen LogP contribution in [0.15, 0.2) is 0 Å². The van der Waals surface area contributed by atoms with Gasteiger partial charge in [-0.1, -0.05) is 19.3 Å². The normalized spacial score (nSPS) is 24.0. The van der Waals surface area contributed by atoms with Crippen molar-refractivity contribution in [2.45, 2.75) is 82.7 Å². The van der Waals surface area contributed by atoms with Gasteiger partial charge < -0.3 is 10.0 Å². The molecular weight excluding hydrogens is 264 g/mol. The van der Waals surface area contributed by atoms with Crippen LogP contribution in [0.25, 0.3) is 0 Å². The first-order valence-electron chi connectivity index (χ1n) is 8.84. The summed E-state index contributed by atoms with van der Waals surface area (Å²) in [6.07, 6.45) is 11.9. The Hall–Kier alpha value is -0.610. The minimum Gasteiger partial charge on any atom is -0.480 e. The molecule has 122 valence electrons. The Morgan fingerprint density at radius 1 is 1.14 bits per heavy atom. The molecule has 4 nitrogen and oxygen atoms in total. The van der Waals surface area contributed by atoms with Crippen LogP contribution in [0, 0.1) is 0 Å². The number of carbonyl (C=O) groups is 1. The number of hydrogen-bond acceptors (Lipinski definition) is 3. The van der Waals surface area contributed by atoms with Crippen LogP contribution in [0.4, 0.5) is 0 Å². The van der Waals surface area contributed by atoms with Crippen LogP contribution in [0.5, 0.6) is 0 Å². The number of carboxylic acid groups (broad SMARTS) is 1. The number of nitrogens with one attached hydrogen (secondary N) is 1. The van der Waals surface area contributed by atoms with Crippen molar-refractivity contribution in [3.63, 3.8) is 0 Å². The molecule has 1 atom stereocenters. The highest BCUT2D eigenvalue weighted by atomic mass is 16.4. The lowest BCUT2D eigenvalue weighted by atomic mass is 9.94. The first-order chi connectivity index (χ1) is 10.1. The quantitative estimate of drug-likeness (QED) is 0.676. The third kappa shape index (κ3) is 5.95. The average molecular weight is 296 g/mol. The van der Waals surface area contributed by atoms with E-state index in [0.717, 1.165) is 38.6 Å². The molecular formula is C17H32N2O2. The van der Waals surface area contributed by atoms with Crippen molar-refractivity contribution >= 4 is 5.97 Å². The minimum absolute atomic E-state index is 0.445. The van der Waals surface area contributed by atoms with Gasteiger partial charge in [0, 0.05) is 6.04 Å². The van der Waals surface area contributed by atoms with Gasteiger partial charge in [-0.3, -0.25) is 10.1 Å². The van der Waals surface area contributed by atoms with Gasteiger partial charge in [0.15, 0.2) is 0 Å². The van der Waals surface area contributed by atoms with E-state index in [1.54, 1.807) is 0 Å². The van der Waals surface area contributed by atoms with E-state index in [4.69, 9.17) is 0 Å². The Kier molecular flexibility index (Phi) is 6.49. The van der Waals surface area contributed by atoms with E-state index < -0.39 is 11.5 Å². The van der Waals surface area contributed by atoms with Gasteiger partial charge in [-0.2, -0.15) is 0 Å².